The summed E-state index contributed by atoms with van der Waals surface area (Å²) < 4.78 is 73.8. The standard InChI is InChI=1S/C23H26F3N5O3S/c1-31(2)14-4-12-28-35(32,33)21-10-7-17(15-19(21)23(24,25)26)29-22-27-13-11-20(30-22)16-5-8-18(34-3)9-6-16/h5-11,13,15,28H,4,12,14H2,1-3H3,(H,27,29,30). The zero-order valence-electron chi connectivity index (χ0n) is 19.4. The molecule has 1 heterocycles. The maximum absolute atomic E-state index is 13.8. The third kappa shape index (κ3) is 7.13. The number of hydrogen-bond donors (Lipinski definition) is 2. The van der Waals surface area contributed by atoms with Gasteiger partial charge in [-0.2, -0.15) is 13.2 Å². The molecule has 2 aromatic carbocycles. The highest BCUT2D eigenvalue weighted by molar-refractivity contribution is 7.89. The van der Waals surface area contributed by atoms with E-state index in [-0.39, 0.29) is 18.2 Å². The number of nitrogens with one attached hydrogen (secondary N) is 2. The molecule has 0 aliphatic heterocycles. The van der Waals surface area contributed by atoms with E-state index in [0.717, 1.165) is 17.7 Å². The lowest BCUT2D eigenvalue weighted by molar-refractivity contribution is -0.139. The minimum absolute atomic E-state index is 0.00392. The summed E-state index contributed by atoms with van der Waals surface area (Å²) in [5, 5.41) is 2.72. The van der Waals surface area contributed by atoms with Crippen molar-refractivity contribution in [3.63, 3.8) is 0 Å². The van der Waals surface area contributed by atoms with E-state index in [2.05, 4.69) is 20.0 Å². The van der Waals surface area contributed by atoms with Crippen LogP contribution in [-0.4, -0.2) is 57.6 Å². The van der Waals surface area contributed by atoms with Gasteiger partial charge in [0.05, 0.1) is 23.3 Å². The van der Waals surface area contributed by atoms with Gasteiger partial charge in [-0.15, -0.1) is 0 Å². The zero-order chi connectivity index (χ0) is 25.6. The van der Waals surface area contributed by atoms with Crippen LogP contribution in [0.5, 0.6) is 5.75 Å². The molecule has 0 atom stereocenters. The first-order chi connectivity index (χ1) is 16.5. The van der Waals surface area contributed by atoms with Gasteiger partial charge in [0, 0.05) is 24.0 Å². The van der Waals surface area contributed by atoms with Crippen LogP contribution in [0.4, 0.5) is 24.8 Å². The number of rotatable bonds is 10. The summed E-state index contributed by atoms with van der Waals surface area (Å²) in [6, 6.07) is 11.7. The van der Waals surface area contributed by atoms with Crippen molar-refractivity contribution in [3.8, 4) is 17.0 Å². The third-order valence-corrected chi connectivity index (χ3v) is 6.47. The van der Waals surface area contributed by atoms with Gasteiger partial charge in [-0.1, -0.05) is 0 Å². The molecule has 3 rings (SSSR count). The quantitative estimate of drug-likeness (QED) is 0.397. The van der Waals surface area contributed by atoms with Gasteiger partial charge < -0.3 is 15.0 Å². The van der Waals surface area contributed by atoms with E-state index in [1.165, 1.54) is 12.3 Å². The Morgan fingerprint density at radius 2 is 1.77 bits per heavy atom. The molecule has 0 spiro atoms. The Balaban J connectivity index is 1.85. The highest BCUT2D eigenvalue weighted by atomic mass is 32.2. The summed E-state index contributed by atoms with van der Waals surface area (Å²) in [5.41, 5.74) is 0.0148. The van der Waals surface area contributed by atoms with Gasteiger partial charge in [0.1, 0.15) is 5.75 Å². The Bertz CT molecular complexity index is 1250. The summed E-state index contributed by atoms with van der Waals surface area (Å²) in [6.07, 6.45) is -2.97. The lowest BCUT2D eigenvalue weighted by atomic mass is 10.1. The summed E-state index contributed by atoms with van der Waals surface area (Å²) in [7, 11) is 0.818. The molecule has 0 fully saturated rings. The fraction of sp³-hybridized carbons (Fsp3) is 0.304. The Hall–Kier alpha value is -3.22. The fourth-order valence-corrected chi connectivity index (χ4v) is 4.49. The fourth-order valence-electron chi connectivity index (χ4n) is 3.21. The van der Waals surface area contributed by atoms with Gasteiger partial charge in [-0.3, -0.25) is 0 Å². The molecule has 1 aromatic heterocycles. The lowest BCUT2D eigenvalue weighted by Gasteiger charge is -2.16. The largest absolute Gasteiger partial charge is 0.497 e. The Morgan fingerprint density at radius 3 is 2.40 bits per heavy atom. The number of ether oxygens (including phenoxy) is 1. The number of hydrogen-bond acceptors (Lipinski definition) is 7. The highest BCUT2D eigenvalue weighted by Gasteiger charge is 2.37. The number of aromatic nitrogens is 2. The molecule has 0 saturated heterocycles. The van der Waals surface area contributed by atoms with Crippen molar-refractivity contribution in [1.29, 1.82) is 0 Å². The Kier molecular flexibility index (Phi) is 8.30. The molecule has 2 N–H and O–H groups in total. The summed E-state index contributed by atoms with van der Waals surface area (Å²) >= 11 is 0. The van der Waals surface area contributed by atoms with Crippen LogP contribution < -0.4 is 14.8 Å². The van der Waals surface area contributed by atoms with Gasteiger partial charge in [0.15, 0.2) is 0 Å². The third-order valence-electron chi connectivity index (χ3n) is 4.95. The lowest BCUT2D eigenvalue weighted by Crippen LogP contribution is -2.29. The number of benzene rings is 2. The number of nitrogens with zero attached hydrogens (tertiary/aromatic N) is 3. The van der Waals surface area contributed by atoms with E-state index in [9.17, 15) is 21.6 Å². The number of anilines is 2. The molecular formula is C23H26F3N5O3S. The van der Waals surface area contributed by atoms with E-state index >= 15 is 0 Å². The van der Waals surface area contributed by atoms with E-state index in [1.807, 2.05) is 19.0 Å². The first kappa shape index (κ1) is 26.4. The minimum atomic E-state index is -4.89. The van der Waals surface area contributed by atoms with Crippen molar-refractivity contribution >= 4 is 21.7 Å². The van der Waals surface area contributed by atoms with Crippen molar-refractivity contribution in [1.82, 2.24) is 19.6 Å². The molecular weight excluding hydrogens is 483 g/mol. The topological polar surface area (TPSA) is 96.4 Å². The predicted octanol–water partition coefficient (Wildman–Crippen LogP) is 4.14. The molecule has 0 aliphatic rings. The average molecular weight is 510 g/mol. The molecule has 188 valence electrons. The molecule has 0 unspecified atom stereocenters. The molecule has 0 amide bonds. The maximum atomic E-state index is 13.8. The zero-order valence-corrected chi connectivity index (χ0v) is 20.2. The number of methoxy groups -OCH3 is 1. The molecule has 3 aromatic rings. The second kappa shape index (κ2) is 11.0. The normalized spacial score (nSPS) is 12.1. The van der Waals surface area contributed by atoms with Crippen LogP contribution in [0.1, 0.15) is 12.0 Å². The second-order valence-electron chi connectivity index (χ2n) is 7.88. The first-order valence-electron chi connectivity index (χ1n) is 10.6. The van der Waals surface area contributed by atoms with Crippen LogP contribution in [0.3, 0.4) is 0 Å². The molecule has 0 bridgehead atoms. The van der Waals surface area contributed by atoms with Gasteiger partial charge in [-0.25, -0.2) is 23.1 Å². The average Bonchev–Trinajstić information content (AvgIpc) is 2.81. The predicted molar refractivity (Wildman–Crippen MR) is 127 cm³/mol. The second-order valence-corrected chi connectivity index (χ2v) is 9.62. The molecule has 35 heavy (non-hydrogen) atoms. The van der Waals surface area contributed by atoms with Crippen molar-refractivity contribution < 1.29 is 26.3 Å². The van der Waals surface area contributed by atoms with Crippen LogP contribution >= 0.6 is 0 Å². The van der Waals surface area contributed by atoms with E-state index in [4.69, 9.17) is 4.74 Å². The Morgan fingerprint density at radius 1 is 1.06 bits per heavy atom. The molecule has 8 nitrogen and oxygen atoms in total. The van der Waals surface area contributed by atoms with Crippen molar-refractivity contribution in [2.24, 2.45) is 0 Å². The van der Waals surface area contributed by atoms with Crippen LogP contribution in [0.25, 0.3) is 11.3 Å². The maximum Gasteiger partial charge on any atom is 0.417 e. The summed E-state index contributed by atoms with van der Waals surface area (Å²) in [5.74, 6) is 0.729. The molecule has 0 saturated carbocycles. The van der Waals surface area contributed by atoms with Gasteiger partial charge in [0.25, 0.3) is 0 Å². The van der Waals surface area contributed by atoms with E-state index in [1.54, 1.807) is 37.4 Å². The van der Waals surface area contributed by atoms with Crippen LogP contribution in [-0.2, 0) is 16.2 Å². The van der Waals surface area contributed by atoms with Crippen molar-refractivity contribution in [2.45, 2.75) is 17.5 Å². The number of sulfonamides is 1. The van der Waals surface area contributed by atoms with Gasteiger partial charge >= 0.3 is 6.18 Å². The number of alkyl halides is 3. The van der Waals surface area contributed by atoms with Gasteiger partial charge in [-0.05, 0) is 75.6 Å². The molecule has 12 heteroatoms. The minimum Gasteiger partial charge on any atom is -0.497 e. The van der Waals surface area contributed by atoms with Crippen LogP contribution in [0.15, 0.2) is 59.6 Å². The molecule has 0 aliphatic carbocycles. The van der Waals surface area contributed by atoms with Crippen molar-refractivity contribution in [2.75, 3.05) is 39.6 Å². The SMILES string of the molecule is COc1ccc(-c2ccnc(Nc3ccc(S(=O)(=O)NCCCN(C)C)c(C(F)(F)F)c3)n2)cc1. The van der Waals surface area contributed by atoms with Gasteiger partial charge in [0.2, 0.25) is 16.0 Å². The Labute approximate surface area is 202 Å². The molecule has 0 radical (unpaired) electrons. The van der Waals surface area contributed by atoms with Crippen molar-refractivity contribution in [3.05, 3.63) is 60.3 Å². The van der Waals surface area contributed by atoms with Crippen LogP contribution in [0.2, 0.25) is 0 Å². The smallest absolute Gasteiger partial charge is 0.417 e. The number of halogens is 3. The highest BCUT2D eigenvalue weighted by Crippen LogP contribution is 2.36. The summed E-state index contributed by atoms with van der Waals surface area (Å²) in [4.78, 5) is 9.41. The van der Waals surface area contributed by atoms with E-state index in [0.29, 0.717) is 24.4 Å². The monoisotopic (exact) mass is 509 g/mol. The first-order valence-corrected chi connectivity index (χ1v) is 12.1. The summed E-state index contributed by atoms with van der Waals surface area (Å²) in [6.45, 7) is 0.608. The van der Waals surface area contributed by atoms with E-state index < -0.39 is 26.7 Å². The van der Waals surface area contributed by atoms with Crippen LogP contribution in [0, 0.1) is 0 Å².